The van der Waals surface area contributed by atoms with Gasteiger partial charge in [-0.3, -0.25) is 4.90 Å². The summed E-state index contributed by atoms with van der Waals surface area (Å²) in [5, 5.41) is 21.5. The number of aryl methyl sites for hydroxylation is 1. The molecule has 0 saturated carbocycles. The van der Waals surface area contributed by atoms with E-state index in [4.69, 9.17) is 4.74 Å². The predicted molar refractivity (Wildman–Crippen MR) is 110 cm³/mol. The number of nitrogens with one attached hydrogen (secondary N) is 1. The van der Waals surface area contributed by atoms with Crippen LogP contribution in [0.15, 0.2) is 24.3 Å². The molecule has 0 aliphatic carbocycles. The fraction of sp³-hybridized carbons (Fsp3) is 0.500. The molecule has 1 unspecified atom stereocenters. The summed E-state index contributed by atoms with van der Waals surface area (Å²) in [7, 11) is 0. The monoisotopic (exact) mass is 379 g/mol. The van der Waals surface area contributed by atoms with E-state index in [0.717, 1.165) is 50.3 Å². The zero-order chi connectivity index (χ0) is 19.9. The Bertz CT molecular complexity index is 845. The van der Waals surface area contributed by atoms with Gasteiger partial charge < -0.3 is 10.1 Å². The standard InChI is InChI=1S/C22H29N5O/c1-4-19-20(12-23)22(26-25-21(19)5-2)24-13-17-7-6-8-18(11-17)15-27-9-10-28-16(3)14-27/h6-8,11,16H,4-5,9-10,13-15H2,1-3H3,(H,24,26). The zero-order valence-corrected chi connectivity index (χ0v) is 17.0. The smallest absolute Gasteiger partial charge is 0.167 e. The van der Waals surface area contributed by atoms with E-state index in [1.807, 2.05) is 6.92 Å². The van der Waals surface area contributed by atoms with Crippen molar-refractivity contribution in [3.05, 3.63) is 52.2 Å². The van der Waals surface area contributed by atoms with Gasteiger partial charge >= 0.3 is 0 Å². The van der Waals surface area contributed by atoms with Crippen molar-refractivity contribution in [2.45, 2.75) is 52.8 Å². The Balaban J connectivity index is 1.69. The lowest BCUT2D eigenvalue weighted by Crippen LogP contribution is -2.40. The predicted octanol–water partition coefficient (Wildman–Crippen LogP) is 3.31. The molecule has 1 aliphatic heterocycles. The van der Waals surface area contributed by atoms with E-state index in [9.17, 15) is 5.26 Å². The van der Waals surface area contributed by atoms with E-state index in [2.05, 4.69) is 64.6 Å². The maximum atomic E-state index is 9.62. The first-order valence-electron chi connectivity index (χ1n) is 10.1. The van der Waals surface area contributed by atoms with Gasteiger partial charge in [0.05, 0.1) is 18.4 Å². The first-order valence-corrected chi connectivity index (χ1v) is 10.1. The number of rotatable bonds is 7. The fourth-order valence-corrected chi connectivity index (χ4v) is 3.73. The molecule has 1 fully saturated rings. The Morgan fingerprint density at radius 2 is 2.07 bits per heavy atom. The van der Waals surface area contributed by atoms with Crippen LogP contribution in [0.4, 0.5) is 5.82 Å². The molecule has 0 amide bonds. The molecule has 0 radical (unpaired) electrons. The van der Waals surface area contributed by atoms with Crippen molar-refractivity contribution >= 4 is 5.82 Å². The van der Waals surface area contributed by atoms with Gasteiger partial charge in [-0.05, 0) is 36.5 Å². The van der Waals surface area contributed by atoms with Crippen LogP contribution in [0.5, 0.6) is 0 Å². The largest absolute Gasteiger partial charge is 0.376 e. The third-order valence-corrected chi connectivity index (χ3v) is 5.14. The van der Waals surface area contributed by atoms with Crippen LogP contribution in [0.25, 0.3) is 0 Å². The molecule has 1 aromatic heterocycles. The highest BCUT2D eigenvalue weighted by molar-refractivity contribution is 5.56. The highest BCUT2D eigenvalue weighted by Gasteiger charge is 2.17. The molecule has 148 valence electrons. The maximum Gasteiger partial charge on any atom is 0.167 e. The Morgan fingerprint density at radius 3 is 2.79 bits per heavy atom. The molecule has 1 atom stereocenters. The number of aromatic nitrogens is 2. The second kappa shape index (κ2) is 9.63. The molecule has 2 heterocycles. The van der Waals surface area contributed by atoms with Gasteiger partial charge in [-0.25, -0.2) is 0 Å². The summed E-state index contributed by atoms with van der Waals surface area (Å²) in [6.45, 7) is 10.5. The minimum atomic E-state index is 0.292. The lowest BCUT2D eigenvalue weighted by molar-refractivity contribution is -0.0212. The summed E-state index contributed by atoms with van der Waals surface area (Å²) >= 11 is 0. The second-order valence-electron chi connectivity index (χ2n) is 7.26. The quantitative estimate of drug-likeness (QED) is 0.796. The van der Waals surface area contributed by atoms with E-state index in [1.165, 1.54) is 11.1 Å². The molecule has 1 N–H and O–H groups in total. The average molecular weight is 380 g/mol. The first kappa shape index (κ1) is 20.2. The van der Waals surface area contributed by atoms with Crippen LogP contribution in [-0.2, 0) is 30.7 Å². The van der Waals surface area contributed by atoms with Crippen molar-refractivity contribution in [1.29, 1.82) is 5.26 Å². The lowest BCUT2D eigenvalue weighted by atomic mass is 10.0. The van der Waals surface area contributed by atoms with Crippen molar-refractivity contribution in [3.8, 4) is 6.07 Å². The summed E-state index contributed by atoms with van der Waals surface area (Å²) in [5.74, 6) is 0.573. The number of hydrogen-bond donors (Lipinski definition) is 1. The van der Waals surface area contributed by atoms with Crippen molar-refractivity contribution in [2.24, 2.45) is 0 Å². The number of ether oxygens (including phenoxy) is 1. The van der Waals surface area contributed by atoms with Crippen molar-refractivity contribution in [1.82, 2.24) is 15.1 Å². The van der Waals surface area contributed by atoms with Gasteiger partial charge in [0.25, 0.3) is 0 Å². The highest BCUT2D eigenvalue weighted by Crippen LogP contribution is 2.21. The van der Waals surface area contributed by atoms with Crippen LogP contribution in [0.3, 0.4) is 0 Å². The van der Waals surface area contributed by atoms with Crippen molar-refractivity contribution < 1.29 is 4.74 Å². The van der Waals surface area contributed by atoms with E-state index < -0.39 is 0 Å². The molecule has 1 aromatic carbocycles. The first-order chi connectivity index (χ1) is 13.6. The molecular weight excluding hydrogens is 350 g/mol. The summed E-state index contributed by atoms with van der Waals surface area (Å²) in [4.78, 5) is 2.43. The molecule has 1 saturated heterocycles. The van der Waals surface area contributed by atoms with Gasteiger partial charge in [-0.15, -0.1) is 5.10 Å². The van der Waals surface area contributed by atoms with Gasteiger partial charge in [0, 0.05) is 26.2 Å². The van der Waals surface area contributed by atoms with E-state index in [-0.39, 0.29) is 0 Å². The number of nitrogens with zero attached hydrogens (tertiary/aromatic N) is 4. The number of nitriles is 1. The number of hydrogen-bond acceptors (Lipinski definition) is 6. The molecule has 6 nitrogen and oxygen atoms in total. The summed E-state index contributed by atoms with van der Waals surface area (Å²) < 4.78 is 5.62. The van der Waals surface area contributed by atoms with Crippen molar-refractivity contribution in [2.75, 3.05) is 25.0 Å². The minimum Gasteiger partial charge on any atom is -0.376 e. The number of anilines is 1. The van der Waals surface area contributed by atoms with Crippen LogP contribution >= 0.6 is 0 Å². The summed E-state index contributed by atoms with van der Waals surface area (Å²) in [6, 6.07) is 10.9. The van der Waals surface area contributed by atoms with E-state index in [1.54, 1.807) is 0 Å². The SMILES string of the molecule is CCc1nnc(NCc2cccc(CN3CCOC(C)C3)c2)c(C#N)c1CC. The zero-order valence-electron chi connectivity index (χ0n) is 17.0. The summed E-state index contributed by atoms with van der Waals surface area (Å²) in [5.41, 5.74) is 4.98. The molecule has 1 aliphatic rings. The molecule has 28 heavy (non-hydrogen) atoms. The molecule has 0 spiro atoms. The van der Waals surface area contributed by atoms with Crippen LogP contribution in [-0.4, -0.2) is 40.9 Å². The van der Waals surface area contributed by atoms with E-state index in [0.29, 0.717) is 24.0 Å². The van der Waals surface area contributed by atoms with Gasteiger partial charge in [0.2, 0.25) is 0 Å². The Kier molecular flexibility index (Phi) is 6.96. The van der Waals surface area contributed by atoms with Crippen molar-refractivity contribution in [3.63, 3.8) is 0 Å². The van der Waals surface area contributed by atoms with E-state index >= 15 is 0 Å². The third-order valence-electron chi connectivity index (χ3n) is 5.14. The third kappa shape index (κ3) is 4.86. The lowest BCUT2D eigenvalue weighted by Gasteiger charge is -2.31. The average Bonchev–Trinajstić information content (AvgIpc) is 2.71. The Hall–Kier alpha value is -2.49. The number of morpholine rings is 1. The second-order valence-corrected chi connectivity index (χ2v) is 7.26. The molecular formula is C22H29N5O. The summed E-state index contributed by atoms with van der Waals surface area (Å²) in [6.07, 6.45) is 1.86. The molecule has 0 bridgehead atoms. The maximum absolute atomic E-state index is 9.62. The van der Waals surface area contributed by atoms with Crippen LogP contribution in [0, 0.1) is 11.3 Å². The highest BCUT2D eigenvalue weighted by atomic mass is 16.5. The Labute approximate surface area is 167 Å². The number of benzene rings is 1. The Morgan fingerprint density at radius 1 is 1.25 bits per heavy atom. The molecule has 6 heteroatoms. The fourth-order valence-electron chi connectivity index (χ4n) is 3.73. The van der Waals surface area contributed by atoms with Gasteiger partial charge in [-0.1, -0.05) is 38.1 Å². The molecule has 2 aromatic rings. The van der Waals surface area contributed by atoms with Gasteiger partial charge in [-0.2, -0.15) is 10.4 Å². The van der Waals surface area contributed by atoms with Crippen LogP contribution in [0.1, 0.15) is 48.7 Å². The minimum absolute atomic E-state index is 0.292. The topological polar surface area (TPSA) is 74.1 Å². The van der Waals surface area contributed by atoms with Crippen LogP contribution < -0.4 is 5.32 Å². The molecule has 3 rings (SSSR count). The normalized spacial score (nSPS) is 17.3. The van der Waals surface area contributed by atoms with Gasteiger partial charge in [0.1, 0.15) is 11.6 Å². The van der Waals surface area contributed by atoms with Crippen LogP contribution in [0.2, 0.25) is 0 Å². The van der Waals surface area contributed by atoms with Gasteiger partial charge in [0.15, 0.2) is 5.82 Å².